The summed E-state index contributed by atoms with van der Waals surface area (Å²) in [6.07, 6.45) is 1.40. The zero-order chi connectivity index (χ0) is 16.8. The lowest BCUT2D eigenvalue weighted by Gasteiger charge is -2.22. The van der Waals surface area contributed by atoms with Crippen molar-refractivity contribution in [2.24, 2.45) is 7.05 Å². The molecule has 0 aliphatic rings. The average Bonchev–Trinajstić information content (AvgIpc) is 2.83. The highest BCUT2D eigenvalue weighted by Crippen LogP contribution is 2.23. The Morgan fingerprint density at radius 1 is 1.29 bits per heavy atom. The van der Waals surface area contributed by atoms with Crippen molar-refractivity contribution < 1.29 is 9.90 Å². The molecule has 1 aromatic carbocycles. The van der Waals surface area contributed by atoms with Gasteiger partial charge in [0.15, 0.2) is 0 Å². The summed E-state index contributed by atoms with van der Waals surface area (Å²) in [7, 11) is 1.96. The first-order chi connectivity index (χ1) is 11.1. The van der Waals surface area contributed by atoms with E-state index in [0.29, 0.717) is 24.6 Å². The number of carbonyl (C=O) groups is 1. The second kappa shape index (κ2) is 9.74. The number of imidazole rings is 1. The van der Waals surface area contributed by atoms with E-state index in [4.69, 9.17) is 28.3 Å². The van der Waals surface area contributed by atoms with E-state index in [-0.39, 0.29) is 13.8 Å². The zero-order valence-corrected chi connectivity index (χ0v) is 14.6. The van der Waals surface area contributed by atoms with Crippen molar-refractivity contribution in [2.75, 3.05) is 29.7 Å². The lowest BCUT2D eigenvalue weighted by molar-refractivity contribution is -0.137. The van der Waals surface area contributed by atoms with E-state index in [2.05, 4.69) is 9.88 Å². The zero-order valence-electron chi connectivity index (χ0n) is 13.1. The van der Waals surface area contributed by atoms with Crippen LogP contribution < -0.4 is 4.90 Å². The molecule has 5 nitrogen and oxygen atoms in total. The maximum atomic E-state index is 10.6. The van der Waals surface area contributed by atoms with Crippen LogP contribution in [0.15, 0.2) is 18.2 Å². The van der Waals surface area contributed by atoms with E-state index in [0.717, 1.165) is 35.6 Å². The quantitative estimate of drug-likeness (QED) is 0.677. The molecule has 0 fully saturated rings. The van der Waals surface area contributed by atoms with E-state index < -0.39 is 5.97 Å². The van der Waals surface area contributed by atoms with Crippen molar-refractivity contribution >= 4 is 45.9 Å². The third-order valence-corrected chi connectivity index (χ3v) is 4.16. The summed E-state index contributed by atoms with van der Waals surface area (Å²) in [5, 5.41) is 8.74. The Balaban J connectivity index is 0.00000288. The van der Waals surface area contributed by atoms with Gasteiger partial charge in [-0.2, -0.15) is 0 Å². The second-order valence-corrected chi connectivity index (χ2v) is 6.13. The van der Waals surface area contributed by atoms with Gasteiger partial charge in [-0.05, 0) is 24.6 Å². The predicted molar refractivity (Wildman–Crippen MR) is 102 cm³/mol. The molecule has 0 bridgehead atoms. The van der Waals surface area contributed by atoms with Crippen LogP contribution in [0.2, 0.25) is 0 Å². The van der Waals surface area contributed by atoms with E-state index in [1.54, 1.807) is 0 Å². The largest absolute Gasteiger partial charge is 0.481 e. The van der Waals surface area contributed by atoms with Gasteiger partial charge in [-0.25, -0.2) is 4.98 Å². The molecule has 24 heavy (non-hydrogen) atoms. The van der Waals surface area contributed by atoms with Crippen LogP contribution in [-0.4, -0.2) is 45.5 Å². The molecule has 1 aromatic heterocycles. The number of hydrogen-bond donors (Lipinski definition) is 1. The minimum Gasteiger partial charge on any atom is -0.481 e. The topological polar surface area (TPSA) is 58.4 Å². The molecule has 1 N–H and O–H groups in total. The second-order valence-electron chi connectivity index (χ2n) is 5.37. The van der Waals surface area contributed by atoms with Crippen molar-refractivity contribution in [3.05, 3.63) is 24.0 Å². The third kappa shape index (κ3) is 5.02. The van der Waals surface area contributed by atoms with E-state index >= 15 is 0 Å². The van der Waals surface area contributed by atoms with Crippen molar-refractivity contribution in [3.63, 3.8) is 0 Å². The summed E-state index contributed by atoms with van der Waals surface area (Å²) in [4.78, 5) is 17.4. The first-order valence-corrected chi connectivity index (χ1v) is 8.67. The molecule has 0 atom stereocenters. The SMILES string of the molecule is C.Cn1c(CCCC(=O)O)nc2cc(N(CCCl)CCCl)ccc21. The summed E-state index contributed by atoms with van der Waals surface area (Å²) >= 11 is 11.7. The van der Waals surface area contributed by atoms with E-state index in [1.165, 1.54) is 0 Å². The Labute approximate surface area is 153 Å². The van der Waals surface area contributed by atoms with Gasteiger partial charge in [-0.15, -0.1) is 23.2 Å². The van der Waals surface area contributed by atoms with Crippen LogP contribution in [-0.2, 0) is 18.3 Å². The number of aliphatic carboxylic acids is 1. The fourth-order valence-electron chi connectivity index (χ4n) is 2.63. The third-order valence-electron chi connectivity index (χ3n) is 3.82. The lowest BCUT2D eigenvalue weighted by Crippen LogP contribution is -2.27. The van der Waals surface area contributed by atoms with E-state index in [9.17, 15) is 4.79 Å². The number of halogens is 2. The van der Waals surface area contributed by atoms with Crippen molar-refractivity contribution in [3.8, 4) is 0 Å². The maximum absolute atomic E-state index is 10.6. The van der Waals surface area contributed by atoms with Crippen LogP contribution in [0.1, 0.15) is 26.1 Å². The van der Waals surface area contributed by atoms with Gasteiger partial charge < -0.3 is 14.6 Å². The molecule has 2 rings (SSSR count). The van der Waals surface area contributed by atoms with Crippen molar-refractivity contribution in [1.29, 1.82) is 0 Å². The Hall–Kier alpha value is -1.46. The van der Waals surface area contributed by atoms with Crippen LogP contribution in [0.3, 0.4) is 0 Å². The number of aromatic nitrogens is 2. The molecule has 0 saturated heterocycles. The number of benzene rings is 1. The van der Waals surface area contributed by atoms with Gasteiger partial charge in [0.1, 0.15) is 5.82 Å². The Morgan fingerprint density at radius 3 is 2.54 bits per heavy atom. The summed E-state index contributed by atoms with van der Waals surface area (Å²) in [5.41, 5.74) is 2.99. The summed E-state index contributed by atoms with van der Waals surface area (Å²) < 4.78 is 2.02. The van der Waals surface area contributed by atoms with Crippen LogP contribution in [0, 0.1) is 0 Å². The Bertz CT molecular complexity index is 667. The molecule has 0 aliphatic carbocycles. The van der Waals surface area contributed by atoms with Crippen molar-refractivity contribution in [2.45, 2.75) is 26.7 Å². The smallest absolute Gasteiger partial charge is 0.303 e. The van der Waals surface area contributed by atoms with Gasteiger partial charge in [0, 0.05) is 50.4 Å². The van der Waals surface area contributed by atoms with Crippen LogP contribution in [0.5, 0.6) is 0 Å². The number of fused-ring (bicyclic) bond motifs is 1. The summed E-state index contributed by atoms with van der Waals surface area (Å²) in [6, 6.07) is 6.12. The van der Waals surface area contributed by atoms with Gasteiger partial charge in [-0.1, -0.05) is 7.43 Å². The van der Waals surface area contributed by atoms with Gasteiger partial charge in [0.25, 0.3) is 0 Å². The highest BCUT2D eigenvalue weighted by atomic mass is 35.5. The first kappa shape index (κ1) is 20.6. The maximum Gasteiger partial charge on any atom is 0.303 e. The molecule has 1 heterocycles. The van der Waals surface area contributed by atoms with Crippen LogP contribution in [0.4, 0.5) is 5.69 Å². The molecule has 134 valence electrons. The normalized spacial score (nSPS) is 10.6. The molecule has 0 unspecified atom stereocenters. The summed E-state index contributed by atoms with van der Waals surface area (Å²) in [6.45, 7) is 1.47. The van der Waals surface area contributed by atoms with E-state index in [1.807, 2.05) is 29.8 Å². The number of carboxylic acids is 1. The van der Waals surface area contributed by atoms with Crippen LogP contribution in [0.25, 0.3) is 11.0 Å². The molecule has 7 heteroatoms. The monoisotopic (exact) mass is 373 g/mol. The van der Waals surface area contributed by atoms with Gasteiger partial charge >= 0.3 is 5.97 Å². The van der Waals surface area contributed by atoms with Gasteiger partial charge in [0.2, 0.25) is 0 Å². The molecular formula is C17H25Cl2N3O2. The molecule has 0 amide bonds. The molecule has 0 spiro atoms. The minimum atomic E-state index is -0.774. The highest BCUT2D eigenvalue weighted by molar-refractivity contribution is 6.18. The summed E-state index contributed by atoms with van der Waals surface area (Å²) in [5.74, 6) is 1.21. The minimum absolute atomic E-state index is 0. The van der Waals surface area contributed by atoms with Crippen molar-refractivity contribution in [1.82, 2.24) is 9.55 Å². The van der Waals surface area contributed by atoms with Crippen LogP contribution >= 0.6 is 23.2 Å². The number of nitrogens with zero attached hydrogens (tertiary/aromatic N) is 3. The molecule has 2 aromatic rings. The number of carboxylic acid groups (broad SMARTS) is 1. The molecule has 0 saturated carbocycles. The number of anilines is 1. The highest BCUT2D eigenvalue weighted by Gasteiger charge is 2.11. The Kier molecular flexibility index (Phi) is 8.36. The number of alkyl halides is 2. The molecule has 0 aliphatic heterocycles. The molecular weight excluding hydrogens is 349 g/mol. The van der Waals surface area contributed by atoms with Gasteiger partial charge in [0.05, 0.1) is 11.0 Å². The fourth-order valence-corrected chi connectivity index (χ4v) is 3.04. The fraction of sp³-hybridized carbons (Fsp3) is 0.529. The average molecular weight is 374 g/mol. The molecule has 0 radical (unpaired) electrons. The number of hydrogen-bond acceptors (Lipinski definition) is 3. The van der Waals surface area contributed by atoms with Gasteiger partial charge in [-0.3, -0.25) is 4.79 Å². The predicted octanol–water partition coefficient (Wildman–Crippen LogP) is 3.90. The Morgan fingerprint density at radius 2 is 1.96 bits per heavy atom. The number of aryl methyl sites for hydroxylation is 2. The first-order valence-electron chi connectivity index (χ1n) is 7.61. The number of rotatable bonds is 9. The standard InChI is InChI=1S/C16H21Cl2N3O2.CH4/c1-20-14-6-5-12(21(9-7-17)10-8-18)11-13(14)19-15(20)3-2-4-16(22)23;/h5-6,11H,2-4,7-10H2,1H3,(H,22,23);1H4. The lowest BCUT2D eigenvalue weighted by atomic mass is 10.2.